The maximum atomic E-state index is 11.7. The van der Waals surface area contributed by atoms with Gasteiger partial charge in [-0.05, 0) is 19.8 Å². The fourth-order valence-electron chi connectivity index (χ4n) is 2.28. The van der Waals surface area contributed by atoms with Gasteiger partial charge >= 0.3 is 0 Å². The molecule has 0 atom stereocenters. The van der Waals surface area contributed by atoms with Gasteiger partial charge in [-0.25, -0.2) is 0 Å². The molecule has 6 nitrogen and oxygen atoms in total. The summed E-state index contributed by atoms with van der Waals surface area (Å²) in [6.07, 6.45) is 5.37. The van der Waals surface area contributed by atoms with Crippen LogP contribution in [0.25, 0.3) is 0 Å². The van der Waals surface area contributed by atoms with Crippen LogP contribution in [0.3, 0.4) is 0 Å². The lowest BCUT2D eigenvalue weighted by molar-refractivity contribution is -0.127. The van der Waals surface area contributed by atoms with E-state index >= 15 is 0 Å². The Hall–Kier alpha value is -1.85. The van der Waals surface area contributed by atoms with Gasteiger partial charge in [0.2, 0.25) is 11.8 Å². The Morgan fingerprint density at radius 1 is 1.32 bits per heavy atom. The fourth-order valence-corrected chi connectivity index (χ4v) is 2.28. The number of hydrogen-bond acceptors (Lipinski definition) is 4. The van der Waals surface area contributed by atoms with Crippen molar-refractivity contribution in [2.45, 2.75) is 51.5 Å². The summed E-state index contributed by atoms with van der Waals surface area (Å²) >= 11 is 0. The van der Waals surface area contributed by atoms with Gasteiger partial charge in [0.15, 0.2) is 5.82 Å². The maximum Gasteiger partial charge on any atom is 0.235 e. The Bertz CT molecular complexity index is 450. The van der Waals surface area contributed by atoms with Gasteiger partial charge < -0.3 is 15.2 Å². The van der Waals surface area contributed by atoms with Crippen molar-refractivity contribution in [3.05, 3.63) is 11.8 Å². The lowest BCUT2D eigenvalue weighted by Crippen LogP contribution is -2.37. The van der Waals surface area contributed by atoms with Gasteiger partial charge in [0.25, 0.3) is 0 Å². The number of nitrogens with zero attached hydrogens (tertiary/aromatic N) is 1. The minimum atomic E-state index is -0.374. The van der Waals surface area contributed by atoms with Crippen LogP contribution < -0.4 is 10.6 Å². The number of rotatable bonds is 4. The first-order valence-electron chi connectivity index (χ1n) is 6.66. The normalized spacial score (nSPS) is 16.1. The van der Waals surface area contributed by atoms with E-state index in [1.165, 1.54) is 6.42 Å². The highest BCUT2D eigenvalue weighted by molar-refractivity contribution is 6.03. The van der Waals surface area contributed by atoms with Crippen LogP contribution in [-0.4, -0.2) is 23.0 Å². The van der Waals surface area contributed by atoms with E-state index in [1.54, 1.807) is 13.0 Å². The summed E-state index contributed by atoms with van der Waals surface area (Å²) in [5.74, 6) is 0.348. The average molecular weight is 265 g/mol. The molecule has 2 rings (SSSR count). The van der Waals surface area contributed by atoms with Crippen molar-refractivity contribution in [1.82, 2.24) is 10.5 Å². The van der Waals surface area contributed by atoms with E-state index in [0.29, 0.717) is 11.6 Å². The molecule has 2 N–H and O–H groups in total. The molecule has 19 heavy (non-hydrogen) atoms. The summed E-state index contributed by atoms with van der Waals surface area (Å²) in [6.45, 7) is 1.73. The third-order valence-corrected chi connectivity index (χ3v) is 3.19. The Kier molecular flexibility index (Phi) is 4.54. The molecule has 0 radical (unpaired) electrons. The zero-order valence-corrected chi connectivity index (χ0v) is 11.1. The molecular weight excluding hydrogens is 246 g/mol. The molecule has 104 valence electrons. The molecular formula is C13H19N3O3. The molecule has 1 aromatic heterocycles. The Balaban J connectivity index is 1.73. The van der Waals surface area contributed by atoms with Crippen molar-refractivity contribution in [2.75, 3.05) is 5.32 Å². The highest BCUT2D eigenvalue weighted by atomic mass is 16.5. The van der Waals surface area contributed by atoms with Gasteiger partial charge in [-0.15, -0.1) is 0 Å². The van der Waals surface area contributed by atoms with Gasteiger partial charge in [0.05, 0.1) is 0 Å². The van der Waals surface area contributed by atoms with Crippen molar-refractivity contribution in [3.8, 4) is 0 Å². The van der Waals surface area contributed by atoms with Crippen LogP contribution in [0, 0.1) is 6.92 Å². The van der Waals surface area contributed by atoms with E-state index in [4.69, 9.17) is 4.52 Å². The summed E-state index contributed by atoms with van der Waals surface area (Å²) in [5, 5.41) is 9.06. The lowest BCUT2D eigenvalue weighted by Gasteiger charge is -2.22. The quantitative estimate of drug-likeness (QED) is 0.812. The van der Waals surface area contributed by atoms with Crippen molar-refractivity contribution in [1.29, 1.82) is 0 Å². The highest BCUT2D eigenvalue weighted by Gasteiger charge is 2.17. The number of aromatic nitrogens is 1. The second kappa shape index (κ2) is 6.36. The SMILES string of the molecule is Cc1cc(NC(=O)CC(=O)NC2CCCCC2)no1. The summed E-state index contributed by atoms with van der Waals surface area (Å²) in [6, 6.07) is 1.83. The smallest absolute Gasteiger partial charge is 0.235 e. The van der Waals surface area contributed by atoms with Crippen LogP contribution in [0.4, 0.5) is 5.82 Å². The Labute approximate surface area is 111 Å². The van der Waals surface area contributed by atoms with E-state index in [1.807, 2.05) is 0 Å². The monoisotopic (exact) mass is 265 g/mol. The minimum Gasteiger partial charge on any atom is -0.360 e. The zero-order chi connectivity index (χ0) is 13.7. The first-order chi connectivity index (χ1) is 9.13. The third kappa shape index (κ3) is 4.39. The second-order valence-electron chi connectivity index (χ2n) is 4.95. The largest absolute Gasteiger partial charge is 0.360 e. The molecule has 0 unspecified atom stereocenters. The van der Waals surface area contributed by atoms with E-state index in [-0.39, 0.29) is 24.3 Å². The maximum absolute atomic E-state index is 11.7. The van der Waals surface area contributed by atoms with E-state index in [9.17, 15) is 9.59 Å². The zero-order valence-electron chi connectivity index (χ0n) is 11.1. The molecule has 1 aliphatic carbocycles. The lowest BCUT2D eigenvalue weighted by atomic mass is 9.95. The van der Waals surface area contributed by atoms with E-state index in [2.05, 4.69) is 15.8 Å². The summed E-state index contributed by atoms with van der Waals surface area (Å²) < 4.78 is 4.83. The van der Waals surface area contributed by atoms with Crippen molar-refractivity contribution < 1.29 is 14.1 Å². The first kappa shape index (κ1) is 13.6. The topological polar surface area (TPSA) is 84.2 Å². The average Bonchev–Trinajstić information content (AvgIpc) is 2.75. The van der Waals surface area contributed by atoms with Gasteiger partial charge in [0.1, 0.15) is 12.2 Å². The molecule has 0 aliphatic heterocycles. The van der Waals surface area contributed by atoms with Gasteiger partial charge in [-0.2, -0.15) is 0 Å². The van der Waals surface area contributed by atoms with Crippen LogP contribution in [0.15, 0.2) is 10.6 Å². The predicted molar refractivity (Wildman–Crippen MR) is 69.5 cm³/mol. The van der Waals surface area contributed by atoms with Crippen LogP contribution in [0.5, 0.6) is 0 Å². The number of carbonyl (C=O) groups excluding carboxylic acids is 2. The van der Waals surface area contributed by atoms with E-state index < -0.39 is 0 Å². The minimum absolute atomic E-state index is 0.178. The van der Waals surface area contributed by atoms with Crippen LogP contribution in [0.2, 0.25) is 0 Å². The van der Waals surface area contributed by atoms with Gasteiger partial charge in [-0.3, -0.25) is 9.59 Å². The van der Waals surface area contributed by atoms with Crippen molar-refractivity contribution in [3.63, 3.8) is 0 Å². The summed E-state index contributed by atoms with van der Waals surface area (Å²) in [7, 11) is 0. The van der Waals surface area contributed by atoms with Gasteiger partial charge in [0, 0.05) is 12.1 Å². The molecule has 6 heteroatoms. The van der Waals surface area contributed by atoms with E-state index in [0.717, 1.165) is 25.7 Å². The predicted octanol–water partition coefficient (Wildman–Crippen LogP) is 1.76. The molecule has 1 heterocycles. The van der Waals surface area contributed by atoms with Crippen molar-refractivity contribution in [2.24, 2.45) is 0 Å². The number of nitrogens with one attached hydrogen (secondary N) is 2. The Morgan fingerprint density at radius 3 is 2.68 bits per heavy atom. The molecule has 1 saturated carbocycles. The molecule has 1 aromatic rings. The first-order valence-corrected chi connectivity index (χ1v) is 6.66. The summed E-state index contributed by atoms with van der Waals surface area (Å²) in [4.78, 5) is 23.3. The van der Waals surface area contributed by atoms with Crippen LogP contribution in [0.1, 0.15) is 44.3 Å². The number of anilines is 1. The molecule has 0 spiro atoms. The summed E-state index contributed by atoms with van der Waals surface area (Å²) in [5.41, 5.74) is 0. The highest BCUT2D eigenvalue weighted by Crippen LogP contribution is 2.17. The molecule has 1 aliphatic rings. The molecule has 0 bridgehead atoms. The van der Waals surface area contributed by atoms with Crippen LogP contribution >= 0.6 is 0 Å². The fraction of sp³-hybridized carbons (Fsp3) is 0.615. The third-order valence-electron chi connectivity index (χ3n) is 3.19. The van der Waals surface area contributed by atoms with Crippen molar-refractivity contribution >= 4 is 17.6 Å². The number of carbonyl (C=O) groups is 2. The molecule has 2 amide bonds. The molecule has 0 aromatic carbocycles. The van der Waals surface area contributed by atoms with Gasteiger partial charge in [-0.1, -0.05) is 24.4 Å². The second-order valence-corrected chi connectivity index (χ2v) is 4.95. The number of aryl methyl sites for hydroxylation is 1. The molecule has 1 fully saturated rings. The number of amides is 2. The van der Waals surface area contributed by atoms with Crippen LogP contribution in [-0.2, 0) is 9.59 Å². The Morgan fingerprint density at radius 2 is 2.05 bits per heavy atom. The number of hydrogen-bond donors (Lipinski definition) is 2. The molecule has 0 saturated heterocycles. The standard InChI is InChI=1S/C13H19N3O3/c1-9-7-11(16-19-9)15-13(18)8-12(17)14-10-5-3-2-4-6-10/h7,10H,2-6,8H2,1H3,(H,14,17)(H,15,16,18).